The Kier molecular flexibility index (Phi) is 3.02. The molecule has 1 aromatic rings. The van der Waals surface area contributed by atoms with Crippen molar-refractivity contribution < 1.29 is 14.1 Å². The lowest BCUT2D eigenvalue weighted by Gasteiger charge is -2.09. The van der Waals surface area contributed by atoms with E-state index in [1.165, 1.54) is 12.1 Å². The summed E-state index contributed by atoms with van der Waals surface area (Å²) in [5.74, 6) is 0.215. The molecule has 0 saturated heterocycles. The van der Waals surface area contributed by atoms with Crippen LogP contribution in [0.3, 0.4) is 0 Å². The Labute approximate surface area is 103 Å². The molecule has 0 radical (unpaired) electrons. The fraction of sp³-hybridized carbons (Fsp3) is 0.417. The molecule has 0 spiro atoms. The topological polar surface area (TPSA) is 65.3 Å². The molecule has 1 aliphatic carbocycles. The van der Waals surface area contributed by atoms with Gasteiger partial charge in [0.1, 0.15) is 11.5 Å². The first-order chi connectivity index (χ1) is 8.46. The van der Waals surface area contributed by atoms with Gasteiger partial charge < -0.3 is 4.74 Å². The van der Waals surface area contributed by atoms with Crippen molar-refractivity contribution in [1.29, 1.82) is 0 Å². The van der Waals surface area contributed by atoms with Crippen LogP contribution in [0, 0.1) is 10.1 Å². The summed E-state index contributed by atoms with van der Waals surface area (Å²) in [5.41, 5.74) is -1.41. The summed E-state index contributed by atoms with van der Waals surface area (Å²) < 4.78 is 19.1. The molecule has 96 valence electrons. The van der Waals surface area contributed by atoms with E-state index >= 15 is 0 Å². The van der Waals surface area contributed by atoms with Crippen molar-refractivity contribution in [3.8, 4) is 0 Å². The van der Waals surface area contributed by atoms with E-state index in [2.05, 4.69) is 11.6 Å². The molecule has 18 heavy (non-hydrogen) atoms. The average Bonchev–Trinajstić information content (AvgIpc) is 3.08. The fourth-order valence-electron chi connectivity index (χ4n) is 1.61. The van der Waals surface area contributed by atoms with Gasteiger partial charge in [0.25, 0.3) is 5.69 Å². The zero-order valence-corrected chi connectivity index (χ0v) is 9.98. The minimum absolute atomic E-state index is 0.0903. The second-order valence-corrected chi connectivity index (χ2v) is 4.17. The molecular formula is C12H13FN2O3. The molecule has 0 unspecified atom stereocenters. The Morgan fingerprint density at radius 2 is 2.33 bits per heavy atom. The van der Waals surface area contributed by atoms with Crippen LogP contribution in [0.5, 0.6) is 0 Å². The van der Waals surface area contributed by atoms with Crippen molar-refractivity contribution in [2.45, 2.75) is 25.4 Å². The summed E-state index contributed by atoms with van der Waals surface area (Å²) in [5, 5.41) is 10.8. The van der Waals surface area contributed by atoms with Gasteiger partial charge in [-0.15, -0.1) is 0 Å². The zero-order valence-electron chi connectivity index (χ0n) is 9.98. The molecular weight excluding hydrogens is 239 g/mol. The van der Waals surface area contributed by atoms with Gasteiger partial charge in [-0.2, -0.15) is 0 Å². The van der Waals surface area contributed by atoms with Crippen LogP contribution in [0.4, 0.5) is 10.1 Å². The van der Waals surface area contributed by atoms with Gasteiger partial charge in [0.05, 0.1) is 17.2 Å². The Morgan fingerprint density at radius 3 is 2.83 bits per heavy atom. The Morgan fingerprint density at radius 1 is 1.67 bits per heavy atom. The third-order valence-corrected chi connectivity index (χ3v) is 2.77. The predicted molar refractivity (Wildman–Crippen MR) is 63.6 cm³/mol. The second kappa shape index (κ2) is 4.36. The molecule has 6 heteroatoms. The van der Waals surface area contributed by atoms with Crippen LogP contribution in [-0.4, -0.2) is 16.5 Å². The van der Waals surface area contributed by atoms with Crippen LogP contribution in [0.15, 0.2) is 18.7 Å². The lowest BCUT2D eigenvalue weighted by atomic mass is 10.2. The maximum absolute atomic E-state index is 13.9. The molecule has 0 N–H and O–H groups in total. The zero-order chi connectivity index (χ0) is 13.3. The molecule has 0 amide bonds. The van der Waals surface area contributed by atoms with Crippen LogP contribution in [-0.2, 0) is 10.4 Å². The second-order valence-electron chi connectivity index (χ2n) is 4.17. The molecule has 0 aliphatic heterocycles. The van der Waals surface area contributed by atoms with Crippen molar-refractivity contribution in [3.63, 3.8) is 0 Å². The summed E-state index contributed by atoms with van der Waals surface area (Å²) in [7, 11) is 0. The van der Waals surface area contributed by atoms with Gasteiger partial charge in [-0.05, 0) is 19.8 Å². The lowest BCUT2D eigenvalue weighted by Crippen LogP contribution is -2.06. The standard InChI is InChI=1S/C12H13FN2O3/c1-3-18-8(2)10-6-9(15(16)17)7-11(14-10)12(13)4-5-12/h6-7H,2-5H2,1H3. The van der Waals surface area contributed by atoms with Crippen molar-refractivity contribution in [2.24, 2.45) is 0 Å². The van der Waals surface area contributed by atoms with Crippen LogP contribution >= 0.6 is 0 Å². The van der Waals surface area contributed by atoms with E-state index in [-0.39, 0.29) is 22.8 Å². The Balaban J connectivity index is 2.43. The van der Waals surface area contributed by atoms with E-state index < -0.39 is 10.6 Å². The molecule has 0 bridgehead atoms. The number of ether oxygens (including phenoxy) is 1. The first-order valence-electron chi connectivity index (χ1n) is 5.64. The number of nitro groups is 1. The summed E-state index contributed by atoms with van der Waals surface area (Å²) in [6.07, 6.45) is 0.698. The van der Waals surface area contributed by atoms with Gasteiger partial charge in [-0.25, -0.2) is 9.37 Å². The van der Waals surface area contributed by atoms with Gasteiger partial charge in [-0.1, -0.05) is 6.58 Å². The summed E-state index contributed by atoms with van der Waals surface area (Å²) in [4.78, 5) is 14.3. The normalized spacial score (nSPS) is 16.1. The lowest BCUT2D eigenvalue weighted by molar-refractivity contribution is -0.385. The third kappa shape index (κ3) is 2.32. The van der Waals surface area contributed by atoms with Crippen molar-refractivity contribution >= 4 is 11.4 Å². The Hall–Kier alpha value is -1.98. The van der Waals surface area contributed by atoms with Crippen molar-refractivity contribution in [2.75, 3.05) is 6.61 Å². The number of rotatable bonds is 5. The van der Waals surface area contributed by atoms with E-state index in [0.29, 0.717) is 19.4 Å². The number of alkyl halides is 1. The molecule has 2 rings (SSSR count). The van der Waals surface area contributed by atoms with Crippen LogP contribution in [0.1, 0.15) is 31.2 Å². The van der Waals surface area contributed by atoms with E-state index in [4.69, 9.17) is 4.74 Å². The molecule has 0 aromatic carbocycles. The highest BCUT2D eigenvalue weighted by Crippen LogP contribution is 2.49. The molecule has 0 atom stereocenters. The van der Waals surface area contributed by atoms with Crippen LogP contribution in [0.2, 0.25) is 0 Å². The third-order valence-electron chi connectivity index (χ3n) is 2.77. The highest BCUT2D eigenvalue weighted by Gasteiger charge is 2.47. The molecule has 1 aromatic heterocycles. The number of halogens is 1. The van der Waals surface area contributed by atoms with E-state index in [1.54, 1.807) is 6.92 Å². The van der Waals surface area contributed by atoms with E-state index in [1.807, 2.05) is 0 Å². The SMILES string of the molecule is C=C(OCC)c1cc([N+](=O)[O-])cc(C2(F)CC2)n1. The number of aromatic nitrogens is 1. The van der Waals surface area contributed by atoms with Gasteiger partial charge >= 0.3 is 0 Å². The maximum Gasteiger partial charge on any atom is 0.273 e. The first-order valence-corrected chi connectivity index (χ1v) is 5.64. The van der Waals surface area contributed by atoms with Crippen molar-refractivity contribution in [1.82, 2.24) is 4.98 Å². The highest BCUT2D eigenvalue weighted by molar-refractivity contribution is 5.57. The highest BCUT2D eigenvalue weighted by atomic mass is 19.1. The molecule has 1 aliphatic rings. The maximum atomic E-state index is 13.9. The number of hydrogen-bond acceptors (Lipinski definition) is 4. The summed E-state index contributed by atoms with van der Waals surface area (Å²) in [6.45, 7) is 5.77. The quantitative estimate of drug-likeness (QED) is 0.459. The van der Waals surface area contributed by atoms with Gasteiger partial charge in [-0.3, -0.25) is 10.1 Å². The van der Waals surface area contributed by atoms with Gasteiger partial charge in [0.2, 0.25) is 0 Å². The van der Waals surface area contributed by atoms with Gasteiger partial charge in [0.15, 0.2) is 5.67 Å². The predicted octanol–water partition coefficient (Wildman–Crippen LogP) is 2.96. The molecule has 1 saturated carbocycles. The number of hydrogen-bond donors (Lipinski definition) is 0. The number of pyridine rings is 1. The molecule has 1 heterocycles. The first kappa shape index (κ1) is 12.5. The summed E-state index contributed by atoms with van der Waals surface area (Å²) >= 11 is 0. The van der Waals surface area contributed by atoms with E-state index in [9.17, 15) is 14.5 Å². The van der Waals surface area contributed by atoms with Gasteiger partial charge in [0, 0.05) is 12.1 Å². The monoisotopic (exact) mass is 252 g/mol. The average molecular weight is 252 g/mol. The smallest absolute Gasteiger partial charge is 0.273 e. The molecule has 1 fully saturated rings. The van der Waals surface area contributed by atoms with Crippen LogP contribution in [0.25, 0.3) is 5.76 Å². The van der Waals surface area contributed by atoms with Crippen LogP contribution < -0.4 is 0 Å². The van der Waals surface area contributed by atoms with Crippen molar-refractivity contribution in [3.05, 3.63) is 40.2 Å². The Bertz CT molecular complexity index is 512. The fourth-order valence-corrected chi connectivity index (χ4v) is 1.61. The summed E-state index contributed by atoms with van der Waals surface area (Å²) in [6, 6.07) is 2.42. The minimum Gasteiger partial charge on any atom is -0.492 e. The minimum atomic E-state index is -1.52. The largest absolute Gasteiger partial charge is 0.492 e. The molecule has 5 nitrogen and oxygen atoms in total. The number of nitrogens with zero attached hydrogens (tertiary/aromatic N) is 2. The van der Waals surface area contributed by atoms with E-state index in [0.717, 1.165) is 0 Å².